The minimum atomic E-state index is -0.443. The molecule has 0 aliphatic carbocycles. The van der Waals surface area contributed by atoms with Crippen LogP contribution < -0.4 is 0 Å². The molecule has 2 atom stereocenters. The third-order valence-electron chi connectivity index (χ3n) is 3.16. The Kier molecular flexibility index (Phi) is 4.31. The van der Waals surface area contributed by atoms with Crippen LogP contribution in [0.4, 0.5) is 5.69 Å². The zero-order chi connectivity index (χ0) is 13.1. The van der Waals surface area contributed by atoms with E-state index >= 15 is 0 Å². The van der Waals surface area contributed by atoms with Gasteiger partial charge in [-0.1, -0.05) is 22.0 Å². The van der Waals surface area contributed by atoms with E-state index in [1.807, 2.05) is 0 Å². The molecule has 1 aromatic carbocycles. The van der Waals surface area contributed by atoms with Gasteiger partial charge in [0.05, 0.1) is 17.6 Å². The Balaban J connectivity index is 2.20. The molecule has 1 N–H and O–H groups in total. The zero-order valence-corrected chi connectivity index (χ0v) is 11.3. The normalized spacial score (nSPS) is 23.9. The number of nitro benzene ring substituents is 1. The molecule has 0 radical (unpaired) electrons. The maximum atomic E-state index is 11.0. The average molecular weight is 316 g/mol. The lowest BCUT2D eigenvalue weighted by atomic mass is 9.91. The smallest absolute Gasteiger partial charge is 0.273 e. The highest BCUT2D eigenvalue weighted by Crippen LogP contribution is 2.28. The molecular weight excluding hydrogens is 302 g/mol. The number of aliphatic hydroxyl groups excluding tert-OH is 1. The minimum Gasteiger partial charge on any atom is -0.393 e. The van der Waals surface area contributed by atoms with Gasteiger partial charge in [0.1, 0.15) is 0 Å². The molecule has 1 aliphatic rings. The van der Waals surface area contributed by atoms with Gasteiger partial charge in [0, 0.05) is 28.6 Å². The number of hydrogen-bond donors (Lipinski definition) is 1. The number of benzene rings is 1. The first-order valence-electron chi connectivity index (χ1n) is 5.76. The van der Waals surface area contributed by atoms with Crippen LogP contribution in [0, 0.1) is 16.0 Å². The fourth-order valence-corrected chi connectivity index (χ4v) is 2.49. The number of ether oxygens (including phenoxy) is 1. The van der Waals surface area contributed by atoms with Crippen molar-refractivity contribution in [2.24, 2.45) is 5.92 Å². The summed E-state index contributed by atoms with van der Waals surface area (Å²) in [6.07, 6.45) is 0.613. The molecule has 1 saturated heterocycles. The van der Waals surface area contributed by atoms with Gasteiger partial charge < -0.3 is 9.84 Å². The van der Waals surface area contributed by atoms with Gasteiger partial charge in [0.2, 0.25) is 0 Å². The maximum Gasteiger partial charge on any atom is 0.273 e. The van der Waals surface area contributed by atoms with E-state index in [0.717, 1.165) is 0 Å². The van der Waals surface area contributed by atoms with Gasteiger partial charge in [-0.3, -0.25) is 10.1 Å². The molecule has 1 heterocycles. The second-order valence-electron chi connectivity index (χ2n) is 4.43. The van der Waals surface area contributed by atoms with E-state index in [2.05, 4.69) is 15.9 Å². The van der Waals surface area contributed by atoms with E-state index in [1.54, 1.807) is 12.1 Å². The van der Waals surface area contributed by atoms with E-state index in [0.29, 0.717) is 36.1 Å². The number of nitro groups is 1. The zero-order valence-electron chi connectivity index (χ0n) is 9.71. The van der Waals surface area contributed by atoms with Crippen molar-refractivity contribution < 1.29 is 14.8 Å². The fourth-order valence-electron chi connectivity index (χ4n) is 2.14. The molecule has 1 fully saturated rings. The van der Waals surface area contributed by atoms with Crippen LogP contribution in [0.15, 0.2) is 22.7 Å². The summed E-state index contributed by atoms with van der Waals surface area (Å²) in [6, 6.07) is 4.99. The molecule has 5 nitrogen and oxygen atoms in total. The summed E-state index contributed by atoms with van der Waals surface area (Å²) in [5, 5.41) is 20.8. The quantitative estimate of drug-likeness (QED) is 0.686. The van der Waals surface area contributed by atoms with Crippen molar-refractivity contribution in [2.45, 2.75) is 18.9 Å². The summed E-state index contributed by atoms with van der Waals surface area (Å²) in [5.74, 6) is -0.0707. The molecule has 1 aromatic rings. The number of rotatable bonds is 3. The SMILES string of the molecule is O=[N+]([O-])c1cc(Br)ccc1CC1COCCC1O. The van der Waals surface area contributed by atoms with Crippen molar-refractivity contribution in [3.8, 4) is 0 Å². The second-order valence-corrected chi connectivity index (χ2v) is 5.34. The molecule has 0 spiro atoms. The molecule has 2 unspecified atom stereocenters. The van der Waals surface area contributed by atoms with Crippen molar-refractivity contribution in [2.75, 3.05) is 13.2 Å². The van der Waals surface area contributed by atoms with E-state index in [1.165, 1.54) is 6.07 Å². The van der Waals surface area contributed by atoms with Crippen LogP contribution in [0.25, 0.3) is 0 Å². The molecule has 0 bridgehead atoms. The highest BCUT2D eigenvalue weighted by molar-refractivity contribution is 9.10. The Morgan fingerprint density at radius 3 is 3.00 bits per heavy atom. The monoisotopic (exact) mass is 315 g/mol. The van der Waals surface area contributed by atoms with Crippen molar-refractivity contribution in [3.05, 3.63) is 38.3 Å². The summed E-state index contributed by atoms with van der Waals surface area (Å²) >= 11 is 3.22. The van der Waals surface area contributed by atoms with Gasteiger partial charge in [-0.05, 0) is 18.9 Å². The number of nitrogens with zero attached hydrogens (tertiary/aromatic N) is 1. The van der Waals surface area contributed by atoms with E-state index < -0.39 is 11.0 Å². The maximum absolute atomic E-state index is 11.0. The topological polar surface area (TPSA) is 72.6 Å². The molecule has 0 aromatic heterocycles. The summed E-state index contributed by atoms with van der Waals surface area (Å²) in [7, 11) is 0. The summed E-state index contributed by atoms with van der Waals surface area (Å²) in [4.78, 5) is 10.6. The van der Waals surface area contributed by atoms with Crippen molar-refractivity contribution in [1.29, 1.82) is 0 Å². The largest absolute Gasteiger partial charge is 0.393 e. The van der Waals surface area contributed by atoms with Crippen LogP contribution in [-0.2, 0) is 11.2 Å². The van der Waals surface area contributed by atoms with Crippen LogP contribution >= 0.6 is 15.9 Å². The molecule has 1 aliphatic heterocycles. The molecule has 18 heavy (non-hydrogen) atoms. The predicted octanol–water partition coefficient (Wildman–Crippen LogP) is 2.30. The van der Waals surface area contributed by atoms with Gasteiger partial charge >= 0.3 is 0 Å². The lowest BCUT2D eigenvalue weighted by Crippen LogP contribution is -2.33. The Labute approximate surface area is 113 Å². The predicted molar refractivity (Wildman–Crippen MR) is 69.4 cm³/mol. The summed E-state index contributed by atoms with van der Waals surface area (Å²) in [6.45, 7) is 1.01. The van der Waals surface area contributed by atoms with E-state index in [4.69, 9.17) is 4.74 Å². The number of halogens is 1. The van der Waals surface area contributed by atoms with Crippen molar-refractivity contribution in [3.63, 3.8) is 0 Å². The minimum absolute atomic E-state index is 0.0707. The number of aliphatic hydroxyl groups is 1. The standard InChI is InChI=1S/C12H14BrNO4/c13-10-2-1-8(11(6-10)14(16)17)5-9-7-18-4-3-12(9)15/h1-2,6,9,12,15H,3-5,7H2. The first-order valence-corrected chi connectivity index (χ1v) is 6.56. The van der Waals surface area contributed by atoms with Crippen LogP contribution in [0.3, 0.4) is 0 Å². The van der Waals surface area contributed by atoms with Gasteiger partial charge in [0.25, 0.3) is 5.69 Å². The molecule has 98 valence electrons. The van der Waals surface area contributed by atoms with Gasteiger partial charge in [-0.25, -0.2) is 0 Å². The molecular formula is C12H14BrNO4. The average Bonchev–Trinajstić information content (AvgIpc) is 2.34. The van der Waals surface area contributed by atoms with E-state index in [9.17, 15) is 15.2 Å². The van der Waals surface area contributed by atoms with Crippen LogP contribution in [0.1, 0.15) is 12.0 Å². The molecule has 6 heteroatoms. The highest BCUT2D eigenvalue weighted by atomic mass is 79.9. The first kappa shape index (κ1) is 13.5. The third-order valence-corrected chi connectivity index (χ3v) is 3.65. The lowest BCUT2D eigenvalue weighted by molar-refractivity contribution is -0.385. The van der Waals surface area contributed by atoms with Crippen LogP contribution in [0.5, 0.6) is 0 Å². The van der Waals surface area contributed by atoms with Crippen LogP contribution in [-0.4, -0.2) is 29.3 Å². The Morgan fingerprint density at radius 1 is 1.56 bits per heavy atom. The lowest BCUT2D eigenvalue weighted by Gasteiger charge is -2.27. The van der Waals surface area contributed by atoms with Gasteiger partial charge in [0.15, 0.2) is 0 Å². The summed E-state index contributed by atoms with van der Waals surface area (Å²) < 4.78 is 5.99. The fraction of sp³-hybridized carbons (Fsp3) is 0.500. The van der Waals surface area contributed by atoms with Crippen molar-refractivity contribution in [1.82, 2.24) is 0 Å². The van der Waals surface area contributed by atoms with Gasteiger partial charge in [-0.2, -0.15) is 0 Å². The highest BCUT2D eigenvalue weighted by Gasteiger charge is 2.26. The third kappa shape index (κ3) is 3.07. The van der Waals surface area contributed by atoms with Gasteiger partial charge in [-0.15, -0.1) is 0 Å². The Morgan fingerprint density at radius 2 is 2.33 bits per heavy atom. The van der Waals surface area contributed by atoms with E-state index in [-0.39, 0.29) is 11.6 Å². The Bertz CT molecular complexity index is 452. The summed E-state index contributed by atoms with van der Waals surface area (Å²) in [5.41, 5.74) is 0.722. The molecule has 2 rings (SSSR count). The number of hydrogen-bond acceptors (Lipinski definition) is 4. The van der Waals surface area contributed by atoms with Crippen molar-refractivity contribution >= 4 is 21.6 Å². The van der Waals surface area contributed by atoms with Crippen LogP contribution in [0.2, 0.25) is 0 Å². The molecule has 0 saturated carbocycles. The Hall–Kier alpha value is -0.980. The second kappa shape index (κ2) is 5.77. The molecule has 0 amide bonds. The first-order chi connectivity index (χ1) is 8.58.